The molecule has 0 aliphatic heterocycles. The Hall–Kier alpha value is -0.980. The molecule has 0 atom stereocenters. The molecule has 0 saturated carbocycles. The van der Waals surface area contributed by atoms with Crippen molar-refractivity contribution in [2.75, 3.05) is 30.7 Å². The minimum atomic E-state index is 0.114. The molecule has 0 heterocycles. The Balaban J connectivity index is 2.58. The van der Waals surface area contributed by atoms with Crippen molar-refractivity contribution < 1.29 is 4.79 Å². The van der Waals surface area contributed by atoms with Gasteiger partial charge in [-0.25, -0.2) is 0 Å². The van der Waals surface area contributed by atoms with Gasteiger partial charge in [-0.15, -0.1) is 0 Å². The summed E-state index contributed by atoms with van der Waals surface area (Å²) < 4.78 is 1.02. The molecule has 0 bridgehead atoms. The van der Waals surface area contributed by atoms with Gasteiger partial charge in [-0.05, 0) is 54.6 Å². The van der Waals surface area contributed by atoms with E-state index in [-0.39, 0.29) is 5.91 Å². The van der Waals surface area contributed by atoms with E-state index in [0.717, 1.165) is 28.0 Å². The average Bonchev–Trinajstić information content (AvgIpc) is 2.29. The summed E-state index contributed by atoms with van der Waals surface area (Å²) in [4.78, 5) is 13.6. The second-order valence-electron chi connectivity index (χ2n) is 3.66. The third-order valence-corrected chi connectivity index (χ3v) is 3.43. The fourth-order valence-electron chi connectivity index (χ4n) is 1.53. The van der Waals surface area contributed by atoms with Crippen LogP contribution in [0, 0.1) is 3.57 Å². The number of nitrogen functional groups attached to an aromatic ring is 1. The fraction of sp³-hybridized carbons (Fsp3) is 0.417. The van der Waals surface area contributed by atoms with Gasteiger partial charge in [0.05, 0.1) is 6.54 Å². The maximum absolute atomic E-state index is 11.8. The van der Waals surface area contributed by atoms with Gasteiger partial charge in [0.2, 0.25) is 5.91 Å². The van der Waals surface area contributed by atoms with Gasteiger partial charge in [0.1, 0.15) is 0 Å². The number of carbonyl (C=O) groups is 1. The SMILES string of the molecule is CCN(CC)C(=O)CNc1ccc(N)cc1I. The van der Waals surface area contributed by atoms with Gasteiger partial charge in [-0.3, -0.25) is 4.79 Å². The summed E-state index contributed by atoms with van der Waals surface area (Å²) in [5, 5.41) is 3.13. The van der Waals surface area contributed by atoms with E-state index in [0.29, 0.717) is 6.54 Å². The zero-order valence-electron chi connectivity index (χ0n) is 10.2. The Kier molecular flexibility index (Phi) is 5.54. The Bertz CT molecular complexity index is 391. The summed E-state index contributed by atoms with van der Waals surface area (Å²) in [6.45, 7) is 5.77. The van der Waals surface area contributed by atoms with Gasteiger partial charge >= 0.3 is 0 Å². The van der Waals surface area contributed by atoms with E-state index in [2.05, 4.69) is 27.9 Å². The second-order valence-corrected chi connectivity index (χ2v) is 4.82. The predicted molar refractivity (Wildman–Crippen MR) is 80.0 cm³/mol. The van der Waals surface area contributed by atoms with Crippen LogP contribution in [0.1, 0.15) is 13.8 Å². The first-order chi connectivity index (χ1) is 8.08. The molecular formula is C12H18IN3O. The van der Waals surface area contributed by atoms with E-state index < -0.39 is 0 Å². The van der Waals surface area contributed by atoms with E-state index in [9.17, 15) is 4.79 Å². The molecule has 94 valence electrons. The quantitative estimate of drug-likeness (QED) is 0.634. The largest absolute Gasteiger partial charge is 0.399 e. The molecule has 1 amide bonds. The lowest BCUT2D eigenvalue weighted by Gasteiger charge is -2.19. The van der Waals surface area contributed by atoms with E-state index >= 15 is 0 Å². The lowest BCUT2D eigenvalue weighted by atomic mass is 10.3. The Morgan fingerprint density at radius 1 is 1.41 bits per heavy atom. The Morgan fingerprint density at radius 3 is 2.59 bits per heavy atom. The first-order valence-corrected chi connectivity index (χ1v) is 6.73. The smallest absolute Gasteiger partial charge is 0.241 e. The fourth-order valence-corrected chi connectivity index (χ4v) is 2.26. The highest BCUT2D eigenvalue weighted by Crippen LogP contribution is 2.20. The highest BCUT2D eigenvalue weighted by Gasteiger charge is 2.09. The van der Waals surface area contributed by atoms with Gasteiger partial charge in [0.15, 0.2) is 0 Å². The van der Waals surface area contributed by atoms with Crippen LogP contribution in [0.4, 0.5) is 11.4 Å². The van der Waals surface area contributed by atoms with Gasteiger partial charge in [0, 0.05) is 28.0 Å². The zero-order valence-corrected chi connectivity index (χ0v) is 12.3. The van der Waals surface area contributed by atoms with E-state index in [1.807, 2.05) is 32.0 Å². The molecule has 1 aromatic rings. The van der Waals surface area contributed by atoms with Crippen molar-refractivity contribution in [3.05, 3.63) is 21.8 Å². The summed E-state index contributed by atoms with van der Waals surface area (Å²) >= 11 is 2.20. The number of carbonyl (C=O) groups excluding carboxylic acids is 1. The van der Waals surface area contributed by atoms with Crippen molar-refractivity contribution in [3.63, 3.8) is 0 Å². The van der Waals surface area contributed by atoms with Crippen molar-refractivity contribution in [1.29, 1.82) is 0 Å². The number of nitrogens with zero attached hydrogens (tertiary/aromatic N) is 1. The summed E-state index contributed by atoms with van der Waals surface area (Å²) in [6, 6.07) is 5.60. The molecule has 3 N–H and O–H groups in total. The van der Waals surface area contributed by atoms with Crippen molar-refractivity contribution >= 4 is 39.9 Å². The lowest BCUT2D eigenvalue weighted by Crippen LogP contribution is -2.35. The van der Waals surface area contributed by atoms with E-state index in [1.54, 1.807) is 4.90 Å². The molecular weight excluding hydrogens is 329 g/mol. The molecule has 0 fully saturated rings. The first-order valence-electron chi connectivity index (χ1n) is 5.65. The molecule has 1 rings (SSSR count). The molecule has 0 spiro atoms. The van der Waals surface area contributed by atoms with Crippen LogP contribution < -0.4 is 11.1 Å². The maximum Gasteiger partial charge on any atom is 0.241 e. The molecule has 0 unspecified atom stereocenters. The molecule has 0 radical (unpaired) electrons. The molecule has 1 aromatic carbocycles. The summed E-state index contributed by atoms with van der Waals surface area (Å²) in [7, 11) is 0. The molecule has 0 aliphatic carbocycles. The highest BCUT2D eigenvalue weighted by molar-refractivity contribution is 14.1. The van der Waals surface area contributed by atoms with Crippen LogP contribution in [0.2, 0.25) is 0 Å². The molecule has 0 aromatic heterocycles. The van der Waals surface area contributed by atoms with Crippen molar-refractivity contribution in [2.24, 2.45) is 0 Å². The predicted octanol–water partition coefficient (Wildman–Crippen LogP) is 2.15. The second kappa shape index (κ2) is 6.68. The number of nitrogens with two attached hydrogens (primary N) is 1. The molecule has 17 heavy (non-hydrogen) atoms. The maximum atomic E-state index is 11.8. The zero-order chi connectivity index (χ0) is 12.8. The summed E-state index contributed by atoms with van der Waals surface area (Å²) in [5.41, 5.74) is 7.34. The third-order valence-electron chi connectivity index (χ3n) is 2.54. The van der Waals surface area contributed by atoms with E-state index in [1.165, 1.54) is 0 Å². The number of amides is 1. The normalized spacial score (nSPS) is 10.1. The number of halogens is 1. The van der Waals surface area contributed by atoms with Crippen LogP contribution in [0.5, 0.6) is 0 Å². The number of hydrogen-bond donors (Lipinski definition) is 2. The molecule has 0 saturated heterocycles. The van der Waals surface area contributed by atoms with Crippen LogP contribution >= 0.6 is 22.6 Å². The first kappa shape index (κ1) is 14.1. The number of anilines is 2. The van der Waals surface area contributed by atoms with Crippen LogP contribution in [0.3, 0.4) is 0 Å². The number of nitrogens with one attached hydrogen (secondary N) is 1. The van der Waals surface area contributed by atoms with Gasteiger partial charge in [-0.1, -0.05) is 0 Å². The highest BCUT2D eigenvalue weighted by atomic mass is 127. The van der Waals surface area contributed by atoms with Crippen LogP contribution in [-0.2, 0) is 4.79 Å². The van der Waals surface area contributed by atoms with Crippen molar-refractivity contribution in [1.82, 2.24) is 4.90 Å². The van der Waals surface area contributed by atoms with Crippen LogP contribution in [0.15, 0.2) is 18.2 Å². The minimum Gasteiger partial charge on any atom is -0.399 e. The van der Waals surface area contributed by atoms with Gasteiger partial charge in [-0.2, -0.15) is 0 Å². The monoisotopic (exact) mass is 347 g/mol. The molecule has 5 heteroatoms. The average molecular weight is 347 g/mol. The van der Waals surface area contributed by atoms with Gasteiger partial charge < -0.3 is 16.0 Å². The minimum absolute atomic E-state index is 0.114. The topological polar surface area (TPSA) is 58.4 Å². The van der Waals surface area contributed by atoms with Gasteiger partial charge in [0.25, 0.3) is 0 Å². The number of rotatable bonds is 5. The Labute approximate surface area is 116 Å². The van der Waals surface area contributed by atoms with Crippen LogP contribution in [0.25, 0.3) is 0 Å². The van der Waals surface area contributed by atoms with E-state index in [4.69, 9.17) is 5.73 Å². The molecule has 0 aliphatic rings. The third kappa shape index (κ3) is 4.07. The van der Waals surface area contributed by atoms with Crippen molar-refractivity contribution in [3.8, 4) is 0 Å². The van der Waals surface area contributed by atoms with Crippen molar-refractivity contribution in [2.45, 2.75) is 13.8 Å². The summed E-state index contributed by atoms with van der Waals surface area (Å²) in [6.07, 6.45) is 0. The number of benzene rings is 1. The standard InChI is InChI=1S/C12H18IN3O/c1-3-16(4-2)12(17)8-15-11-6-5-9(14)7-10(11)13/h5-7,15H,3-4,8,14H2,1-2H3. The number of likely N-dealkylation sites (N-methyl/N-ethyl adjacent to an activating group) is 1. The number of hydrogen-bond acceptors (Lipinski definition) is 3. The summed E-state index contributed by atoms with van der Waals surface area (Å²) in [5.74, 6) is 0.114. The Morgan fingerprint density at radius 2 is 2.06 bits per heavy atom. The molecule has 4 nitrogen and oxygen atoms in total. The lowest BCUT2D eigenvalue weighted by molar-refractivity contribution is -0.128. The van der Waals surface area contributed by atoms with Crippen LogP contribution in [-0.4, -0.2) is 30.4 Å².